The summed E-state index contributed by atoms with van der Waals surface area (Å²) in [5.41, 5.74) is 4.02. The molecule has 6 nitrogen and oxygen atoms in total. The zero-order valence-electron chi connectivity index (χ0n) is 16.9. The van der Waals surface area contributed by atoms with Crippen LogP contribution in [0.4, 0.5) is 0 Å². The number of aromatic nitrogens is 4. The van der Waals surface area contributed by atoms with Gasteiger partial charge in [0.05, 0.1) is 22.3 Å². The molecule has 0 fully saturated rings. The van der Waals surface area contributed by atoms with Crippen LogP contribution in [0.15, 0.2) is 74.9 Å². The van der Waals surface area contributed by atoms with Crippen molar-refractivity contribution in [3.63, 3.8) is 0 Å². The van der Waals surface area contributed by atoms with E-state index >= 15 is 0 Å². The summed E-state index contributed by atoms with van der Waals surface area (Å²) in [6, 6.07) is 14.9. The van der Waals surface area contributed by atoms with Gasteiger partial charge in [-0.3, -0.25) is 18.6 Å². The van der Waals surface area contributed by atoms with E-state index in [1.54, 1.807) is 16.8 Å². The Morgan fingerprint density at radius 3 is 2.58 bits per heavy atom. The van der Waals surface area contributed by atoms with Gasteiger partial charge in [0.15, 0.2) is 10.1 Å². The standard InChI is InChI=1S/C23H18N4O2S2/c1-14-9-15(2)11-17(10-14)27-21(29)18-5-3-4-6-19(18)25-23(27)31-13-16-12-20(28)26-7-8-30-22(26)24-16/h3-12H,13H2,1-2H3. The summed E-state index contributed by atoms with van der Waals surface area (Å²) in [6.07, 6.45) is 1.72. The second-order valence-electron chi connectivity index (χ2n) is 7.33. The van der Waals surface area contributed by atoms with Crippen LogP contribution in [0.2, 0.25) is 0 Å². The molecular weight excluding hydrogens is 428 g/mol. The molecule has 2 aromatic carbocycles. The Morgan fingerprint density at radius 1 is 1.00 bits per heavy atom. The van der Waals surface area contributed by atoms with Gasteiger partial charge in [-0.15, -0.1) is 11.3 Å². The van der Waals surface area contributed by atoms with Gasteiger partial charge in [0.25, 0.3) is 11.1 Å². The first-order chi connectivity index (χ1) is 15.0. The highest BCUT2D eigenvalue weighted by Gasteiger charge is 2.15. The minimum Gasteiger partial charge on any atom is -0.269 e. The summed E-state index contributed by atoms with van der Waals surface area (Å²) in [5.74, 6) is 0.430. The molecule has 8 heteroatoms. The molecule has 0 aliphatic rings. The molecule has 5 aromatic rings. The van der Waals surface area contributed by atoms with Crippen LogP contribution in [0.25, 0.3) is 21.6 Å². The van der Waals surface area contributed by atoms with Crippen molar-refractivity contribution in [2.24, 2.45) is 0 Å². The molecule has 0 aliphatic carbocycles. The summed E-state index contributed by atoms with van der Waals surface area (Å²) in [6.45, 7) is 4.02. The molecule has 0 atom stereocenters. The normalized spacial score (nSPS) is 11.4. The maximum atomic E-state index is 13.4. The number of fused-ring (bicyclic) bond motifs is 2. The van der Waals surface area contributed by atoms with Crippen LogP contribution in [0.3, 0.4) is 0 Å². The van der Waals surface area contributed by atoms with Gasteiger partial charge >= 0.3 is 0 Å². The Kier molecular flexibility index (Phi) is 4.95. The molecule has 0 bridgehead atoms. The topological polar surface area (TPSA) is 69.3 Å². The molecule has 154 valence electrons. The van der Waals surface area contributed by atoms with Crippen LogP contribution < -0.4 is 11.1 Å². The van der Waals surface area contributed by atoms with Crippen LogP contribution >= 0.6 is 23.1 Å². The molecule has 0 saturated carbocycles. The van der Waals surface area contributed by atoms with E-state index in [2.05, 4.69) is 11.1 Å². The number of para-hydroxylation sites is 1. The van der Waals surface area contributed by atoms with Crippen molar-refractivity contribution >= 4 is 39.0 Å². The fourth-order valence-electron chi connectivity index (χ4n) is 3.62. The number of rotatable bonds is 4. The van der Waals surface area contributed by atoms with Crippen LogP contribution in [0.1, 0.15) is 16.8 Å². The van der Waals surface area contributed by atoms with Crippen molar-refractivity contribution < 1.29 is 0 Å². The molecule has 0 saturated heterocycles. The predicted molar refractivity (Wildman–Crippen MR) is 126 cm³/mol. The molecule has 0 radical (unpaired) electrons. The first kappa shape index (κ1) is 19.7. The quantitative estimate of drug-likeness (QED) is 0.303. The Labute approximate surface area is 185 Å². The average Bonchev–Trinajstić information content (AvgIpc) is 3.21. The van der Waals surface area contributed by atoms with Gasteiger partial charge in [-0.1, -0.05) is 30.0 Å². The number of nitrogens with zero attached hydrogens (tertiary/aromatic N) is 4. The van der Waals surface area contributed by atoms with Crippen LogP contribution in [0, 0.1) is 13.8 Å². The number of thioether (sulfide) groups is 1. The highest BCUT2D eigenvalue weighted by Crippen LogP contribution is 2.25. The minimum absolute atomic E-state index is 0.111. The van der Waals surface area contributed by atoms with E-state index in [-0.39, 0.29) is 11.1 Å². The van der Waals surface area contributed by atoms with Gasteiger partial charge in [-0.05, 0) is 49.2 Å². The molecule has 5 rings (SSSR count). The molecule has 0 unspecified atom stereocenters. The van der Waals surface area contributed by atoms with Gasteiger partial charge in [0.1, 0.15) is 0 Å². The maximum absolute atomic E-state index is 13.4. The van der Waals surface area contributed by atoms with Crippen molar-refractivity contribution in [2.75, 3.05) is 0 Å². The number of aryl methyl sites for hydroxylation is 2. The fraction of sp³-hybridized carbons (Fsp3) is 0.130. The number of hydrogen-bond acceptors (Lipinski definition) is 6. The Hall–Kier alpha value is -3.23. The fourth-order valence-corrected chi connectivity index (χ4v) is 5.26. The second-order valence-corrected chi connectivity index (χ2v) is 9.14. The van der Waals surface area contributed by atoms with E-state index in [4.69, 9.17) is 4.98 Å². The first-order valence-corrected chi connectivity index (χ1v) is 11.6. The lowest BCUT2D eigenvalue weighted by molar-refractivity contribution is 0.817. The third-order valence-corrected chi connectivity index (χ3v) is 6.64. The van der Waals surface area contributed by atoms with Crippen molar-refractivity contribution in [3.8, 4) is 5.69 Å². The van der Waals surface area contributed by atoms with E-state index in [0.717, 1.165) is 16.8 Å². The van der Waals surface area contributed by atoms with Gasteiger partial charge in [0.2, 0.25) is 0 Å². The zero-order chi connectivity index (χ0) is 21.5. The summed E-state index contributed by atoms with van der Waals surface area (Å²) in [5, 5.41) is 2.98. The molecule has 0 aliphatic heterocycles. The van der Waals surface area contributed by atoms with E-state index in [1.807, 2.05) is 49.6 Å². The predicted octanol–water partition coefficient (Wildman–Crippen LogP) is 4.36. The third kappa shape index (κ3) is 3.68. The second kappa shape index (κ2) is 7.79. The van der Waals surface area contributed by atoms with Gasteiger partial charge < -0.3 is 0 Å². The van der Waals surface area contributed by atoms with Crippen molar-refractivity contribution in [3.05, 3.63) is 97.6 Å². The Bertz CT molecular complexity index is 1550. The largest absolute Gasteiger partial charge is 0.269 e. The highest BCUT2D eigenvalue weighted by atomic mass is 32.2. The Balaban J connectivity index is 1.64. The SMILES string of the molecule is Cc1cc(C)cc(-n2c(SCc3cc(=O)n4ccsc4n3)nc3ccccc3c2=O)c1. The van der Waals surface area contributed by atoms with Crippen LogP contribution in [-0.4, -0.2) is 18.9 Å². The third-order valence-electron chi connectivity index (χ3n) is 4.91. The monoisotopic (exact) mass is 446 g/mol. The zero-order valence-corrected chi connectivity index (χ0v) is 18.5. The first-order valence-electron chi connectivity index (χ1n) is 9.69. The lowest BCUT2D eigenvalue weighted by Crippen LogP contribution is -2.22. The lowest BCUT2D eigenvalue weighted by Gasteiger charge is -2.14. The van der Waals surface area contributed by atoms with E-state index < -0.39 is 0 Å². The molecule has 3 heterocycles. The van der Waals surface area contributed by atoms with E-state index in [0.29, 0.717) is 32.5 Å². The summed E-state index contributed by atoms with van der Waals surface area (Å²) >= 11 is 2.82. The van der Waals surface area contributed by atoms with Crippen LogP contribution in [0.5, 0.6) is 0 Å². The number of hydrogen-bond donors (Lipinski definition) is 0. The molecule has 31 heavy (non-hydrogen) atoms. The van der Waals surface area contributed by atoms with Gasteiger partial charge in [-0.25, -0.2) is 9.97 Å². The molecule has 0 amide bonds. The summed E-state index contributed by atoms with van der Waals surface area (Å²) < 4.78 is 3.18. The molecule has 0 spiro atoms. The highest BCUT2D eigenvalue weighted by molar-refractivity contribution is 7.98. The minimum atomic E-state index is -0.111. The number of thiazole rings is 1. The summed E-state index contributed by atoms with van der Waals surface area (Å²) in [4.78, 5) is 35.7. The molecule has 3 aromatic heterocycles. The van der Waals surface area contributed by atoms with Crippen molar-refractivity contribution in [1.82, 2.24) is 18.9 Å². The van der Waals surface area contributed by atoms with E-state index in [9.17, 15) is 9.59 Å². The van der Waals surface area contributed by atoms with Crippen LogP contribution in [-0.2, 0) is 5.75 Å². The van der Waals surface area contributed by atoms with E-state index in [1.165, 1.54) is 33.6 Å². The Morgan fingerprint density at radius 2 is 1.77 bits per heavy atom. The van der Waals surface area contributed by atoms with Gasteiger partial charge in [0, 0.05) is 23.4 Å². The smallest absolute Gasteiger partial charge is 0.266 e. The number of benzene rings is 2. The van der Waals surface area contributed by atoms with Crippen molar-refractivity contribution in [1.29, 1.82) is 0 Å². The maximum Gasteiger partial charge on any atom is 0.266 e. The van der Waals surface area contributed by atoms with Crippen molar-refractivity contribution in [2.45, 2.75) is 24.8 Å². The molecule has 0 N–H and O–H groups in total. The molecular formula is C23H18N4O2S2. The average molecular weight is 447 g/mol. The lowest BCUT2D eigenvalue weighted by atomic mass is 10.1. The van der Waals surface area contributed by atoms with Gasteiger partial charge in [-0.2, -0.15) is 0 Å². The summed E-state index contributed by atoms with van der Waals surface area (Å²) in [7, 11) is 0.